The van der Waals surface area contributed by atoms with Gasteiger partial charge in [0.2, 0.25) is 5.91 Å². The highest BCUT2D eigenvalue weighted by molar-refractivity contribution is 5.97. The fraction of sp³-hybridized carbons (Fsp3) is 0.375. The number of carbonyl (C=O) groups excluding carboxylic acids is 2. The first-order valence-electron chi connectivity index (χ1n) is 6.61. The summed E-state index contributed by atoms with van der Waals surface area (Å²) in [5.41, 5.74) is 0.533. The van der Waals surface area contributed by atoms with Crippen molar-refractivity contribution in [3.8, 4) is 12.3 Å². The van der Waals surface area contributed by atoms with E-state index in [9.17, 15) is 9.59 Å². The molecular weight excluding hydrogens is 252 g/mol. The lowest BCUT2D eigenvalue weighted by molar-refractivity contribution is -0.123. The van der Waals surface area contributed by atoms with E-state index in [0.717, 1.165) is 0 Å². The Morgan fingerprint density at radius 3 is 2.45 bits per heavy atom. The molecule has 20 heavy (non-hydrogen) atoms. The number of hydrogen-bond acceptors (Lipinski definition) is 2. The number of rotatable bonds is 6. The Labute approximate surface area is 120 Å². The van der Waals surface area contributed by atoms with Crippen molar-refractivity contribution in [1.82, 2.24) is 10.6 Å². The van der Waals surface area contributed by atoms with Crippen LogP contribution in [-0.2, 0) is 4.79 Å². The number of nitrogens with one attached hydrogen (secondary N) is 2. The van der Waals surface area contributed by atoms with E-state index in [1.165, 1.54) is 0 Å². The molecule has 0 fully saturated rings. The largest absolute Gasteiger partial charge is 0.343 e. The van der Waals surface area contributed by atoms with Crippen molar-refractivity contribution in [3.05, 3.63) is 35.9 Å². The Bertz CT molecular complexity index is 489. The Morgan fingerprint density at radius 2 is 1.90 bits per heavy atom. The zero-order valence-corrected chi connectivity index (χ0v) is 11.8. The van der Waals surface area contributed by atoms with Crippen LogP contribution in [0.3, 0.4) is 0 Å². The number of terminal acetylenes is 1. The molecule has 0 spiro atoms. The third-order valence-corrected chi connectivity index (χ3v) is 2.73. The van der Waals surface area contributed by atoms with Crippen molar-refractivity contribution in [2.24, 2.45) is 5.92 Å². The summed E-state index contributed by atoms with van der Waals surface area (Å²) in [5.74, 6) is 2.13. The van der Waals surface area contributed by atoms with Gasteiger partial charge in [0.25, 0.3) is 5.91 Å². The van der Waals surface area contributed by atoms with Crippen molar-refractivity contribution in [2.45, 2.75) is 26.3 Å². The van der Waals surface area contributed by atoms with Crippen LogP contribution >= 0.6 is 0 Å². The summed E-state index contributed by atoms with van der Waals surface area (Å²) < 4.78 is 0. The monoisotopic (exact) mass is 272 g/mol. The van der Waals surface area contributed by atoms with Gasteiger partial charge >= 0.3 is 0 Å². The van der Waals surface area contributed by atoms with Gasteiger partial charge in [0.05, 0.1) is 6.54 Å². The van der Waals surface area contributed by atoms with Crippen LogP contribution in [0.2, 0.25) is 0 Å². The average Bonchev–Trinajstić information content (AvgIpc) is 2.44. The highest BCUT2D eigenvalue weighted by atomic mass is 16.2. The summed E-state index contributed by atoms with van der Waals surface area (Å²) in [6.45, 7) is 4.15. The fourth-order valence-electron chi connectivity index (χ4n) is 1.80. The molecule has 0 radical (unpaired) electrons. The minimum absolute atomic E-state index is 0.161. The van der Waals surface area contributed by atoms with Crippen molar-refractivity contribution in [3.63, 3.8) is 0 Å². The number of amides is 2. The van der Waals surface area contributed by atoms with Crippen molar-refractivity contribution >= 4 is 11.8 Å². The summed E-state index contributed by atoms with van der Waals surface area (Å²) in [6.07, 6.45) is 5.68. The molecule has 4 nitrogen and oxygen atoms in total. The average molecular weight is 272 g/mol. The maximum absolute atomic E-state index is 12.1. The molecule has 0 saturated heterocycles. The lowest BCUT2D eigenvalue weighted by atomic mass is 10.0. The van der Waals surface area contributed by atoms with E-state index < -0.39 is 6.04 Å². The van der Waals surface area contributed by atoms with E-state index in [4.69, 9.17) is 6.42 Å². The SMILES string of the molecule is C#CCNC(=O)[C@H](CC(C)C)NC(=O)c1ccccc1. The molecule has 0 aliphatic carbocycles. The van der Waals surface area contributed by atoms with Gasteiger partial charge in [0, 0.05) is 5.56 Å². The van der Waals surface area contributed by atoms with Gasteiger partial charge in [0.15, 0.2) is 0 Å². The molecule has 2 N–H and O–H groups in total. The molecule has 1 aromatic rings. The fourth-order valence-corrected chi connectivity index (χ4v) is 1.80. The van der Waals surface area contributed by atoms with Crippen LogP contribution in [0.4, 0.5) is 0 Å². The molecule has 0 unspecified atom stereocenters. The van der Waals surface area contributed by atoms with Gasteiger partial charge in [-0.2, -0.15) is 0 Å². The maximum Gasteiger partial charge on any atom is 0.251 e. The summed E-state index contributed by atoms with van der Waals surface area (Å²) in [6, 6.07) is 8.25. The molecule has 2 amide bonds. The summed E-state index contributed by atoms with van der Waals surface area (Å²) in [4.78, 5) is 24.1. The molecule has 1 rings (SSSR count). The van der Waals surface area contributed by atoms with Gasteiger partial charge < -0.3 is 10.6 Å². The highest BCUT2D eigenvalue weighted by Crippen LogP contribution is 2.07. The first-order valence-corrected chi connectivity index (χ1v) is 6.61. The molecule has 4 heteroatoms. The van der Waals surface area contributed by atoms with Gasteiger partial charge in [-0.25, -0.2) is 0 Å². The molecule has 0 saturated carbocycles. The molecule has 1 aromatic carbocycles. The van der Waals surface area contributed by atoms with Crippen molar-refractivity contribution < 1.29 is 9.59 Å². The minimum atomic E-state index is -0.573. The standard InChI is InChI=1S/C16H20N2O2/c1-4-10-17-16(20)14(11-12(2)3)18-15(19)13-8-6-5-7-9-13/h1,5-9,12,14H,10-11H2,2-3H3,(H,17,20)(H,18,19)/t14-/m0/s1. The van der Waals surface area contributed by atoms with Crippen LogP contribution in [0.5, 0.6) is 0 Å². The van der Waals surface area contributed by atoms with Crippen LogP contribution in [0.1, 0.15) is 30.6 Å². The zero-order chi connectivity index (χ0) is 15.0. The topological polar surface area (TPSA) is 58.2 Å². The van der Waals surface area contributed by atoms with Crippen LogP contribution in [0, 0.1) is 18.3 Å². The van der Waals surface area contributed by atoms with E-state index in [-0.39, 0.29) is 24.3 Å². The van der Waals surface area contributed by atoms with E-state index in [2.05, 4.69) is 16.6 Å². The minimum Gasteiger partial charge on any atom is -0.343 e. The molecule has 0 aromatic heterocycles. The third-order valence-electron chi connectivity index (χ3n) is 2.73. The predicted octanol–water partition coefficient (Wildman–Crippen LogP) is 1.58. The first-order chi connectivity index (χ1) is 9.54. The second kappa shape index (κ2) is 8.00. The molecule has 0 aliphatic heterocycles. The lowest BCUT2D eigenvalue weighted by Gasteiger charge is -2.19. The van der Waals surface area contributed by atoms with E-state index in [1.54, 1.807) is 24.3 Å². The quantitative estimate of drug-likeness (QED) is 0.772. The van der Waals surface area contributed by atoms with Gasteiger partial charge in [-0.3, -0.25) is 9.59 Å². The Balaban J connectivity index is 2.72. The second-order valence-corrected chi connectivity index (χ2v) is 4.94. The zero-order valence-electron chi connectivity index (χ0n) is 11.8. The number of carbonyl (C=O) groups is 2. The molecule has 1 atom stereocenters. The van der Waals surface area contributed by atoms with Crippen molar-refractivity contribution in [2.75, 3.05) is 6.54 Å². The lowest BCUT2D eigenvalue weighted by Crippen LogP contribution is -2.47. The van der Waals surface area contributed by atoms with E-state index in [0.29, 0.717) is 12.0 Å². The van der Waals surface area contributed by atoms with Gasteiger partial charge in [0.1, 0.15) is 6.04 Å². The van der Waals surface area contributed by atoms with Crippen LogP contribution in [0.15, 0.2) is 30.3 Å². The number of hydrogen-bond donors (Lipinski definition) is 2. The van der Waals surface area contributed by atoms with Crippen LogP contribution < -0.4 is 10.6 Å². The van der Waals surface area contributed by atoms with E-state index in [1.807, 2.05) is 19.9 Å². The smallest absolute Gasteiger partial charge is 0.251 e. The third kappa shape index (κ3) is 5.15. The van der Waals surface area contributed by atoms with Crippen molar-refractivity contribution in [1.29, 1.82) is 0 Å². The van der Waals surface area contributed by atoms with Gasteiger partial charge in [-0.15, -0.1) is 6.42 Å². The Morgan fingerprint density at radius 1 is 1.25 bits per heavy atom. The molecule has 0 heterocycles. The molecule has 106 valence electrons. The summed E-state index contributed by atoms with van der Waals surface area (Å²) in [7, 11) is 0. The highest BCUT2D eigenvalue weighted by Gasteiger charge is 2.21. The summed E-state index contributed by atoms with van der Waals surface area (Å²) in [5, 5.41) is 5.36. The van der Waals surface area contributed by atoms with Crippen LogP contribution in [0.25, 0.3) is 0 Å². The Kier molecular flexibility index (Phi) is 6.31. The predicted molar refractivity (Wildman–Crippen MR) is 79.0 cm³/mol. The normalized spacial score (nSPS) is 11.5. The first kappa shape index (κ1) is 15.8. The molecular formula is C16H20N2O2. The summed E-state index contributed by atoms with van der Waals surface area (Å²) >= 11 is 0. The molecule has 0 bridgehead atoms. The maximum atomic E-state index is 12.1. The number of benzene rings is 1. The van der Waals surface area contributed by atoms with E-state index >= 15 is 0 Å². The van der Waals surface area contributed by atoms with Crippen LogP contribution in [-0.4, -0.2) is 24.4 Å². The molecule has 0 aliphatic rings. The van der Waals surface area contributed by atoms with Gasteiger partial charge in [-0.05, 0) is 24.5 Å². The van der Waals surface area contributed by atoms with Gasteiger partial charge in [-0.1, -0.05) is 38.0 Å². The Hall–Kier alpha value is -2.28. The second-order valence-electron chi connectivity index (χ2n) is 4.94.